The van der Waals surface area contributed by atoms with Crippen LogP contribution < -0.4 is 10.3 Å². The zero-order valence-corrected chi connectivity index (χ0v) is 17.5. The summed E-state index contributed by atoms with van der Waals surface area (Å²) in [6.45, 7) is 1.86. The van der Waals surface area contributed by atoms with Gasteiger partial charge in [0, 0.05) is 22.8 Å². The van der Waals surface area contributed by atoms with Crippen LogP contribution in [0.4, 0.5) is 11.4 Å². The lowest BCUT2D eigenvalue weighted by Gasteiger charge is -2.25. The molecule has 8 heteroatoms. The average molecular weight is 447 g/mol. The van der Waals surface area contributed by atoms with E-state index in [1.54, 1.807) is 54.6 Å². The summed E-state index contributed by atoms with van der Waals surface area (Å²) in [4.78, 5) is 39.1. The fourth-order valence-electron chi connectivity index (χ4n) is 4.07. The molecule has 158 valence electrons. The SMILES string of the molecule is Cc1ccc2oc3c(c(=O)c2c1)C(c1ccc([N+](=O)[O-])cc1)N(c1cccc(Cl)c1)C3=O. The zero-order chi connectivity index (χ0) is 22.6. The lowest BCUT2D eigenvalue weighted by atomic mass is 9.97. The highest BCUT2D eigenvalue weighted by atomic mass is 35.5. The molecule has 0 aliphatic carbocycles. The number of anilines is 1. The molecule has 7 nitrogen and oxygen atoms in total. The van der Waals surface area contributed by atoms with Gasteiger partial charge in [-0.1, -0.05) is 29.3 Å². The smallest absolute Gasteiger partial charge is 0.295 e. The molecule has 0 N–H and O–H groups in total. The Morgan fingerprint density at radius 3 is 2.47 bits per heavy atom. The number of amides is 1. The van der Waals surface area contributed by atoms with Crippen molar-refractivity contribution in [3.8, 4) is 0 Å². The summed E-state index contributed by atoms with van der Waals surface area (Å²) in [5.41, 5.74) is 2.02. The summed E-state index contributed by atoms with van der Waals surface area (Å²) in [6, 6.07) is 16.9. The zero-order valence-electron chi connectivity index (χ0n) is 16.7. The lowest BCUT2D eigenvalue weighted by Crippen LogP contribution is -2.29. The minimum atomic E-state index is -0.821. The van der Waals surface area contributed by atoms with E-state index >= 15 is 0 Å². The van der Waals surface area contributed by atoms with Crippen LogP contribution in [0.2, 0.25) is 5.02 Å². The lowest BCUT2D eigenvalue weighted by molar-refractivity contribution is -0.384. The van der Waals surface area contributed by atoms with Gasteiger partial charge in [-0.2, -0.15) is 0 Å². The summed E-state index contributed by atoms with van der Waals surface area (Å²) in [5.74, 6) is -0.528. The number of fused-ring (bicyclic) bond motifs is 2. The highest BCUT2D eigenvalue weighted by molar-refractivity contribution is 6.31. The summed E-state index contributed by atoms with van der Waals surface area (Å²) >= 11 is 6.17. The third kappa shape index (κ3) is 3.06. The molecule has 0 radical (unpaired) electrons. The van der Waals surface area contributed by atoms with E-state index in [1.165, 1.54) is 17.0 Å². The van der Waals surface area contributed by atoms with Gasteiger partial charge in [0.2, 0.25) is 5.76 Å². The summed E-state index contributed by atoms with van der Waals surface area (Å²) in [6.07, 6.45) is 0. The van der Waals surface area contributed by atoms with Crippen LogP contribution in [-0.4, -0.2) is 10.8 Å². The van der Waals surface area contributed by atoms with E-state index in [9.17, 15) is 19.7 Å². The molecule has 1 unspecified atom stereocenters. The molecular formula is C24H15ClN2O5. The van der Waals surface area contributed by atoms with Gasteiger partial charge in [-0.05, 0) is 55.0 Å². The van der Waals surface area contributed by atoms with Gasteiger partial charge >= 0.3 is 0 Å². The van der Waals surface area contributed by atoms with Crippen molar-refractivity contribution in [2.45, 2.75) is 13.0 Å². The number of nitrogens with zero attached hydrogens (tertiary/aromatic N) is 2. The van der Waals surface area contributed by atoms with Gasteiger partial charge in [-0.15, -0.1) is 0 Å². The van der Waals surface area contributed by atoms with Crippen LogP contribution in [0.25, 0.3) is 11.0 Å². The molecule has 0 saturated heterocycles. The van der Waals surface area contributed by atoms with E-state index in [0.29, 0.717) is 27.2 Å². The van der Waals surface area contributed by atoms with E-state index in [4.69, 9.17) is 16.0 Å². The highest BCUT2D eigenvalue weighted by Gasteiger charge is 2.43. The number of carbonyl (C=O) groups excluding carboxylic acids is 1. The first kappa shape index (κ1) is 20.0. The van der Waals surface area contributed by atoms with E-state index in [0.717, 1.165) is 5.56 Å². The molecule has 2 heterocycles. The van der Waals surface area contributed by atoms with Crippen LogP contribution in [0.15, 0.2) is 75.9 Å². The highest BCUT2D eigenvalue weighted by Crippen LogP contribution is 2.42. The van der Waals surface area contributed by atoms with Crippen LogP contribution in [0.3, 0.4) is 0 Å². The fourth-order valence-corrected chi connectivity index (χ4v) is 4.26. The Morgan fingerprint density at radius 2 is 1.78 bits per heavy atom. The minimum Gasteiger partial charge on any atom is -0.450 e. The van der Waals surface area contributed by atoms with E-state index in [2.05, 4.69) is 0 Å². The van der Waals surface area contributed by atoms with Crippen LogP contribution in [0, 0.1) is 17.0 Å². The molecule has 4 aromatic rings. The van der Waals surface area contributed by atoms with Crippen molar-refractivity contribution in [3.63, 3.8) is 0 Å². The summed E-state index contributed by atoms with van der Waals surface area (Å²) < 4.78 is 5.92. The van der Waals surface area contributed by atoms with Crippen molar-refractivity contribution < 1.29 is 14.1 Å². The number of nitro groups is 1. The van der Waals surface area contributed by atoms with Crippen LogP contribution in [0.1, 0.15) is 33.3 Å². The third-order valence-electron chi connectivity index (χ3n) is 5.53. The Morgan fingerprint density at radius 1 is 1.03 bits per heavy atom. The van der Waals surface area contributed by atoms with Crippen LogP contribution in [-0.2, 0) is 0 Å². The molecule has 1 aliphatic heterocycles. The van der Waals surface area contributed by atoms with Crippen LogP contribution >= 0.6 is 11.6 Å². The Hall–Kier alpha value is -3.97. The molecule has 0 bridgehead atoms. The Kier molecular flexibility index (Phi) is 4.56. The number of hydrogen-bond acceptors (Lipinski definition) is 5. The molecule has 1 aromatic heterocycles. The van der Waals surface area contributed by atoms with Crippen molar-refractivity contribution >= 4 is 39.9 Å². The second kappa shape index (κ2) is 7.32. The number of benzene rings is 3. The second-order valence-corrected chi connectivity index (χ2v) is 8.02. The fraction of sp³-hybridized carbons (Fsp3) is 0.0833. The Balaban J connectivity index is 1.80. The van der Waals surface area contributed by atoms with Crippen molar-refractivity contribution in [1.82, 2.24) is 0 Å². The quantitative estimate of drug-likeness (QED) is 0.309. The van der Waals surface area contributed by atoms with E-state index in [-0.39, 0.29) is 22.4 Å². The standard InChI is InChI=1S/C24H15ClN2O5/c1-13-5-10-19-18(11-13)22(28)20-21(14-6-8-16(9-7-14)27(30)31)26(24(29)23(20)32-19)17-4-2-3-15(25)12-17/h2-12,21H,1H3. The summed E-state index contributed by atoms with van der Waals surface area (Å²) in [7, 11) is 0. The van der Waals surface area contributed by atoms with Crippen molar-refractivity contribution in [1.29, 1.82) is 0 Å². The van der Waals surface area contributed by atoms with Gasteiger partial charge in [0.25, 0.3) is 11.6 Å². The maximum absolute atomic E-state index is 13.5. The minimum absolute atomic E-state index is 0.0466. The predicted molar refractivity (Wildman–Crippen MR) is 120 cm³/mol. The van der Waals surface area contributed by atoms with E-state index in [1.807, 2.05) is 6.92 Å². The number of carbonyl (C=O) groups is 1. The molecule has 1 aliphatic rings. The Bertz CT molecular complexity index is 1480. The first-order valence-electron chi connectivity index (χ1n) is 9.76. The molecule has 3 aromatic carbocycles. The van der Waals surface area contributed by atoms with Gasteiger partial charge < -0.3 is 4.42 Å². The number of rotatable bonds is 3. The van der Waals surface area contributed by atoms with Crippen molar-refractivity contribution in [2.75, 3.05) is 4.90 Å². The molecule has 0 fully saturated rings. The largest absolute Gasteiger partial charge is 0.450 e. The van der Waals surface area contributed by atoms with Crippen molar-refractivity contribution in [2.24, 2.45) is 0 Å². The average Bonchev–Trinajstić information content (AvgIpc) is 3.07. The number of hydrogen-bond donors (Lipinski definition) is 0. The maximum atomic E-state index is 13.5. The van der Waals surface area contributed by atoms with Gasteiger partial charge in [0.15, 0.2) is 5.43 Å². The number of nitro benzene ring substituents is 1. The second-order valence-electron chi connectivity index (χ2n) is 7.58. The van der Waals surface area contributed by atoms with Crippen LogP contribution in [0.5, 0.6) is 0 Å². The molecule has 5 rings (SSSR count). The predicted octanol–water partition coefficient (Wildman–Crippen LogP) is 5.41. The maximum Gasteiger partial charge on any atom is 0.295 e. The van der Waals surface area contributed by atoms with E-state index < -0.39 is 16.9 Å². The molecular weight excluding hydrogens is 432 g/mol. The van der Waals surface area contributed by atoms with Gasteiger partial charge in [0.05, 0.1) is 21.9 Å². The normalized spacial score (nSPS) is 15.2. The molecule has 32 heavy (non-hydrogen) atoms. The first-order chi connectivity index (χ1) is 15.3. The van der Waals surface area contributed by atoms with Gasteiger partial charge in [0.1, 0.15) is 5.58 Å². The number of aryl methyl sites for hydroxylation is 1. The topological polar surface area (TPSA) is 93.7 Å². The number of non-ortho nitro benzene ring substituents is 1. The molecule has 0 spiro atoms. The third-order valence-corrected chi connectivity index (χ3v) is 5.77. The molecule has 1 amide bonds. The van der Waals surface area contributed by atoms with Gasteiger partial charge in [-0.3, -0.25) is 24.6 Å². The summed E-state index contributed by atoms with van der Waals surface area (Å²) in [5, 5.41) is 11.9. The van der Waals surface area contributed by atoms with Gasteiger partial charge in [-0.25, -0.2) is 0 Å². The Labute approximate surface area is 186 Å². The van der Waals surface area contributed by atoms with Crippen molar-refractivity contribution in [3.05, 3.63) is 115 Å². The number of halogens is 1. The monoisotopic (exact) mass is 446 g/mol. The first-order valence-corrected chi connectivity index (χ1v) is 10.1. The molecule has 0 saturated carbocycles. The molecule has 1 atom stereocenters.